The Morgan fingerprint density at radius 3 is 2.86 bits per heavy atom. The first-order valence-corrected chi connectivity index (χ1v) is 6.42. The maximum Gasteiger partial charge on any atom is 0.279 e. The average Bonchev–Trinajstić information content (AvgIpc) is 2.97. The quantitative estimate of drug-likeness (QED) is 0.782. The second-order valence-corrected chi connectivity index (χ2v) is 4.64. The van der Waals surface area contributed by atoms with Gasteiger partial charge in [-0.3, -0.25) is 9.89 Å². The number of carbonyl (C=O) groups excluding carboxylic acids is 1. The Labute approximate surface area is 121 Å². The number of para-hydroxylation sites is 1. The van der Waals surface area contributed by atoms with E-state index in [9.17, 15) is 4.79 Å². The summed E-state index contributed by atoms with van der Waals surface area (Å²) in [5, 5.41) is 16.7. The molecule has 0 atom stereocenters. The van der Waals surface area contributed by atoms with Gasteiger partial charge < -0.3 is 4.90 Å². The monoisotopic (exact) mass is 276 g/mol. The highest BCUT2D eigenvalue weighted by molar-refractivity contribution is 6.12. The highest BCUT2D eigenvalue weighted by atomic mass is 16.2. The zero-order valence-corrected chi connectivity index (χ0v) is 11.4. The van der Waals surface area contributed by atoms with Crippen LogP contribution in [0.25, 0.3) is 10.9 Å². The first-order chi connectivity index (χ1) is 10.2. The topological polar surface area (TPSA) is 72.8 Å². The molecule has 0 saturated heterocycles. The van der Waals surface area contributed by atoms with Gasteiger partial charge in [0.1, 0.15) is 0 Å². The number of aromatic nitrogens is 2. The number of nitriles is 1. The smallest absolute Gasteiger partial charge is 0.279 e. The van der Waals surface area contributed by atoms with Gasteiger partial charge in [-0.05, 0) is 24.3 Å². The van der Waals surface area contributed by atoms with E-state index in [0.29, 0.717) is 16.9 Å². The van der Waals surface area contributed by atoms with E-state index in [1.165, 1.54) is 4.90 Å². The highest BCUT2D eigenvalue weighted by Gasteiger charge is 2.19. The summed E-state index contributed by atoms with van der Waals surface area (Å²) >= 11 is 0. The molecule has 0 spiro atoms. The fourth-order valence-electron chi connectivity index (χ4n) is 2.19. The number of hydrogen-bond acceptors (Lipinski definition) is 3. The standard InChI is InChI=1S/C16H12N4O/c1-20(12-6-4-5-11(9-12)10-17)16(21)15-13-7-2-3-8-14(13)18-19-15/h2-9H,1H3,(H,18,19). The van der Waals surface area contributed by atoms with E-state index in [-0.39, 0.29) is 5.91 Å². The second kappa shape index (κ2) is 5.10. The van der Waals surface area contributed by atoms with Gasteiger partial charge in [0, 0.05) is 18.1 Å². The minimum atomic E-state index is -0.220. The van der Waals surface area contributed by atoms with E-state index in [4.69, 9.17) is 5.26 Å². The Hall–Kier alpha value is -3.13. The van der Waals surface area contributed by atoms with Crippen LogP contribution in [0.5, 0.6) is 0 Å². The molecule has 0 bridgehead atoms. The van der Waals surface area contributed by atoms with Gasteiger partial charge >= 0.3 is 0 Å². The first kappa shape index (κ1) is 12.9. The normalized spacial score (nSPS) is 10.3. The molecule has 0 radical (unpaired) electrons. The Morgan fingerprint density at radius 2 is 2.05 bits per heavy atom. The van der Waals surface area contributed by atoms with Gasteiger partial charge in [-0.25, -0.2) is 0 Å². The maximum atomic E-state index is 12.6. The molecule has 21 heavy (non-hydrogen) atoms. The Morgan fingerprint density at radius 1 is 1.24 bits per heavy atom. The van der Waals surface area contributed by atoms with Crippen LogP contribution in [0.2, 0.25) is 0 Å². The lowest BCUT2D eigenvalue weighted by Crippen LogP contribution is -2.26. The molecule has 1 amide bonds. The van der Waals surface area contributed by atoms with Crippen molar-refractivity contribution in [2.45, 2.75) is 0 Å². The summed E-state index contributed by atoms with van der Waals surface area (Å²) in [6, 6.07) is 16.4. The molecular formula is C16H12N4O. The van der Waals surface area contributed by atoms with E-state index in [1.807, 2.05) is 24.3 Å². The van der Waals surface area contributed by atoms with E-state index >= 15 is 0 Å². The molecule has 5 heteroatoms. The number of H-pyrrole nitrogens is 1. The van der Waals surface area contributed by atoms with Crippen molar-refractivity contribution in [1.82, 2.24) is 10.2 Å². The molecule has 1 N–H and O–H groups in total. The van der Waals surface area contributed by atoms with Crippen LogP contribution in [0, 0.1) is 11.3 Å². The maximum absolute atomic E-state index is 12.6. The van der Waals surface area contributed by atoms with Crippen molar-refractivity contribution in [2.24, 2.45) is 0 Å². The average molecular weight is 276 g/mol. The van der Waals surface area contributed by atoms with Crippen LogP contribution in [0.15, 0.2) is 48.5 Å². The van der Waals surface area contributed by atoms with Crippen molar-refractivity contribution in [2.75, 3.05) is 11.9 Å². The Kier molecular flexibility index (Phi) is 3.13. The largest absolute Gasteiger partial charge is 0.310 e. The molecule has 3 aromatic rings. The molecule has 2 aromatic carbocycles. The summed E-state index contributed by atoms with van der Waals surface area (Å²) in [6.07, 6.45) is 0. The van der Waals surface area contributed by atoms with E-state index in [2.05, 4.69) is 16.3 Å². The predicted octanol–water partition coefficient (Wildman–Crippen LogP) is 2.71. The number of carbonyl (C=O) groups is 1. The third-order valence-corrected chi connectivity index (χ3v) is 3.34. The van der Waals surface area contributed by atoms with Crippen LogP contribution in [-0.4, -0.2) is 23.2 Å². The van der Waals surface area contributed by atoms with Gasteiger partial charge in [-0.1, -0.05) is 24.3 Å². The van der Waals surface area contributed by atoms with E-state index in [0.717, 1.165) is 10.9 Å². The fourth-order valence-corrected chi connectivity index (χ4v) is 2.19. The number of benzene rings is 2. The number of nitrogens with one attached hydrogen (secondary N) is 1. The molecule has 0 aliphatic rings. The van der Waals surface area contributed by atoms with Crippen molar-refractivity contribution in [1.29, 1.82) is 5.26 Å². The number of rotatable bonds is 2. The van der Waals surface area contributed by atoms with Gasteiger partial charge in [0.15, 0.2) is 5.69 Å². The van der Waals surface area contributed by atoms with Crippen LogP contribution in [0.4, 0.5) is 5.69 Å². The summed E-state index contributed by atoms with van der Waals surface area (Å²) in [7, 11) is 1.67. The summed E-state index contributed by atoms with van der Waals surface area (Å²) in [5.41, 5.74) is 2.36. The SMILES string of the molecule is CN(C(=O)c1n[nH]c2ccccc12)c1cccc(C#N)c1. The third kappa shape index (κ3) is 2.23. The molecule has 1 aromatic heterocycles. The van der Waals surface area contributed by atoms with Crippen molar-refractivity contribution < 1.29 is 4.79 Å². The number of hydrogen-bond donors (Lipinski definition) is 1. The fraction of sp³-hybridized carbons (Fsp3) is 0.0625. The Balaban J connectivity index is 1.99. The summed E-state index contributed by atoms with van der Waals surface area (Å²) in [4.78, 5) is 14.1. The number of amides is 1. The lowest BCUT2D eigenvalue weighted by atomic mass is 10.1. The Bertz CT molecular complexity index is 860. The zero-order valence-electron chi connectivity index (χ0n) is 11.4. The predicted molar refractivity (Wildman–Crippen MR) is 80.0 cm³/mol. The first-order valence-electron chi connectivity index (χ1n) is 6.42. The second-order valence-electron chi connectivity index (χ2n) is 4.64. The lowest BCUT2D eigenvalue weighted by Gasteiger charge is -2.16. The van der Waals surface area contributed by atoms with Gasteiger partial charge in [0.25, 0.3) is 5.91 Å². The van der Waals surface area contributed by atoms with Gasteiger partial charge in [-0.2, -0.15) is 10.4 Å². The van der Waals surface area contributed by atoms with Crippen molar-refractivity contribution in [3.05, 3.63) is 59.8 Å². The number of aromatic amines is 1. The van der Waals surface area contributed by atoms with Gasteiger partial charge in [0.2, 0.25) is 0 Å². The molecule has 3 rings (SSSR count). The van der Waals surface area contributed by atoms with E-state index < -0.39 is 0 Å². The number of nitrogens with zero attached hydrogens (tertiary/aromatic N) is 3. The van der Waals surface area contributed by atoms with E-state index in [1.54, 1.807) is 31.3 Å². The molecular weight excluding hydrogens is 264 g/mol. The number of anilines is 1. The van der Waals surface area contributed by atoms with Crippen molar-refractivity contribution >= 4 is 22.5 Å². The molecule has 0 aliphatic heterocycles. The summed E-state index contributed by atoms with van der Waals surface area (Å²) < 4.78 is 0. The van der Waals surface area contributed by atoms with Crippen LogP contribution in [0.3, 0.4) is 0 Å². The van der Waals surface area contributed by atoms with Crippen molar-refractivity contribution in [3.63, 3.8) is 0 Å². The van der Waals surface area contributed by atoms with Crippen molar-refractivity contribution in [3.8, 4) is 6.07 Å². The minimum Gasteiger partial charge on any atom is -0.310 e. The van der Waals surface area contributed by atoms with Gasteiger partial charge in [0.05, 0.1) is 17.1 Å². The summed E-state index contributed by atoms with van der Waals surface area (Å²) in [5.74, 6) is -0.220. The van der Waals surface area contributed by atoms with Crippen LogP contribution >= 0.6 is 0 Å². The molecule has 0 fully saturated rings. The number of fused-ring (bicyclic) bond motifs is 1. The summed E-state index contributed by atoms with van der Waals surface area (Å²) in [6.45, 7) is 0. The minimum absolute atomic E-state index is 0.220. The third-order valence-electron chi connectivity index (χ3n) is 3.34. The molecule has 0 aliphatic carbocycles. The van der Waals surface area contributed by atoms with Crippen LogP contribution < -0.4 is 4.90 Å². The van der Waals surface area contributed by atoms with Crippen LogP contribution in [-0.2, 0) is 0 Å². The highest BCUT2D eigenvalue weighted by Crippen LogP contribution is 2.20. The zero-order chi connectivity index (χ0) is 14.8. The molecule has 0 unspecified atom stereocenters. The lowest BCUT2D eigenvalue weighted by molar-refractivity contribution is 0.0990. The molecule has 0 saturated carbocycles. The van der Waals surface area contributed by atoms with Crippen LogP contribution in [0.1, 0.15) is 16.1 Å². The molecule has 102 valence electrons. The molecule has 5 nitrogen and oxygen atoms in total. The molecule has 1 heterocycles. The van der Waals surface area contributed by atoms with Gasteiger partial charge in [-0.15, -0.1) is 0 Å².